The number of fused-ring (bicyclic) bond motifs is 1. The Bertz CT molecular complexity index is 963. The summed E-state index contributed by atoms with van der Waals surface area (Å²) in [6.45, 7) is 3.34. The van der Waals surface area contributed by atoms with Crippen LogP contribution in [0.1, 0.15) is 17.7 Å². The minimum atomic E-state index is -0.726. The lowest BCUT2D eigenvalue weighted by Crippen LogP contribution is -2.36. The number of thiophene rings is 1. The molecule has 0 bridgehead atoms. The molecule has 3 heterocycles. The number of halogens is 1. The zero-order valence-corrected chi connectivity index (χ0v) is 15.1. The molecule has 2 aromatic heterocycles. The molecule has 0 unspecified atom stereocenters. The van der Waals surface area contributed by atoms with E-state index in [0.29, 0.717) is 25.9 Å². The van der Waals surface area contributed by atoms with Crippen molar-refractivity contribution in [1.82, 2.24) is 9.97 Å². The first kappa shape index (κ1) is 16.9. The van der Waals surface area contributed by atoms with Crippen LogP contribution in [0, 0.1) is 18.7 Å². The van der Waals surface area contributed by atoms with Gasteiger partial charge in [-0.05, 0) is 37.5 Å². The number of piperidine rings is 1. The van der Waals surface area contributed by atoms with Crippen molar-refractivity contribution in [3.05, 3.63) is 41.3 Å². The van der Waals surface area contributed by atoms with E-state index in [-0.39, 0.29) is 11.7 Å². The van der Waals surface area contributed by atoms with E-state index >= 15 is 0 Å². The van der Waals surface area contributed by atoms with E-state index in [4.69, 9.17) is 0 Å². The maximum absolute atomic E-state index is 13.3. The fourth-order valence-electron chi connectivity index (χ4n) is 3.57. The highest BCUT2D eigenvalue weighted by Gasteiger charge is 2.27. The third-order valence-electron chi connectivity index (χ3n) is 4.92. The molecular weight excluding hydrogens is 353 g/mol. The van der Waals surface area contributed by atoms with Crippen molar-refractivity contribution in [2.24, 2.45) is 5.92 Å². The van der Waals surface area contributed by atoms with Gasteiger partial charge < -0.3 is 10.0 Å². The van der Waals surface area contributed by atoms with E-state index in [1.54, 1.807) is 29.8 Å². The summed E-state index contributed by atoms with van der Waals surface area (Å²) in [6.07, 6.45) is 2.77. The van der Waals surface area contributed by atoms with Crippen molar-refractivity contribution in [2.45, 2.75) is 19.8 Å². The normalized spacial score (nSPS) is 15.5. The maximum atomic E-state index is 13.3. The first-order valence-corrected chi connectivity index (χ1v) is 9.34. The monoisotopic (exact) mass is 371 g/mol. The van der Waals surface area contributed by atoms with Gasteiger partial charge in [0.05, 0.1) is 11.3 Å². The van der Waals surface area contributed by atoms with Crippen LogP contribution in [0.2, 0.25) is 0 Å². The molecule has 1 fully saturated rings. The SMILES string of the molecule is Cc1sc2ncnc(N3CCC(C(=O)O)CC3)c2c1-c1ccc(F)cc1. The number of rotatable bonds is 3. The lowest BCUT2D eigenvalue weighted by atomic mass is 9.96. The second-order valence-corrected chi connectivity index (χ2v) is 7.72. The number of carboxylic acid groups (broad SMARTS) is 1. The molecule has 0 amide bonds. The van der Waals surface area contributed by atoms with Gasteiger partial charge in [0.2, 0.25) is 0 Å². The molecule has 5 nitrogen and oxygen atoms in total. The van der Waals surface area contributed by atoms with Crippen LogP contribution in [0.25, 0.3) is 21.3 Å². The van der Waals surface area contributed by atoms with Crippen molar-refractivity contribution in [2.75, 3.05) is 18.0 Å². The molecule has 1 aliphatic rings. The summed E-state index contributed by atoms with van der Waals surface area (Å²) < 4.78 is 13.3. The van der Waals surface area contributed by atoms with E-state index < -0.39 is 5.97 Å². The fraction of sp³-hybridized carbons (Fsp3) is 0.316. The molecule has 0 aliphatic carbocycles. The van der Waals surface area contributed by atoms with E-state index in [9.17, 15) is 14.3 Å². The number of hydrogen-bond acceptors (Lipinski definition) is 5. The van der Waals surface area contributed by atoms with Gasteiger partial charge in [-0.2, -0.15) is 0 Å². The predicted molar refractivity (Wildman–Crippen MR) is 100 cm³/mol. The zero-order valence-electron chi connectivity index (χ0n) is 14.3. The second-order valence-electron chi connectivity index (χ2n) is 6.52. The van der Waals surface area contributed by atoms with Gasteiger partial charge in [-0.25, -0.2) is 14.4 Å². The van der Waals surface area contributed by atoms with Crippen LogP contribution in [0.4, 0.5) is 10.2 Å². The van der Waals surface area contributed by atoms with Crippen LogP contribution in [-0.4, -0.2) is 34.1 Å². The lowest BCUT2D eigenvalue weighted by molar-refractivity contribution is -0.142. The molecule has 0 atom stereocenters. The Kier molecular flexibility index (Phi) is 4.32. The van der Waals surface area contributed by atoms with Gasteiger partial charge in [-0.3, -0.25) is 4.79 Å². The third-order valence-corrected chi connectivity index (χ3v) is 5.93. The van der Waals surface area contributed by atoms with Crippen LogP contribution in [0.3, 0.4) is 0 Å². The molecule has 1 aromatic carbocycles. The van der Waals surface area contributed by atoms with Crippen molar-refractivity contribution < 1.29 is 14.3 Å². The minimum absolute atomic E-state index is 0.266. The van der Waals surface area contributed by atoms with E-state index in [1.807, 2.05) is 6.92 Å². The Balaban J connectivity index is 1.79. The largest absolute Gasteiger partial charge is 0.481 e. The molecule has 0 spiro atoms. The van der Waals surface area contributed by atoms with Crippen LogP contribution >= 0.6 is 11.3 Å². The number of aromatic nitrogens is 2. The summed E-state index contributed by atoms with van der Waals surface area (Å²) in [5.74, 6) is -0.444. The topological polar surface area (TPSA) is 66.3 Å². The minimum Gasteiger partial charge on any atom is -0.481 e. The first-order valence-electron chi connectivity index (χ1n) is 8.52. The first-order chi connectivity index (χ1) is 12.5. The molecule has 1 N–H and O–H groups in total. The van der Waals surface area contributed by atoms with Gasteiger partial charge in [0.25, 0.3) is 0 Å². The molecular formula is C19H18FN3O2S. The number of carbonyl (C=O) groups is 1. The van der Waals surface area contributed by atoms with Crippen LogP contribution in [0.15, 0.2) is 30.6 Å². The van der Waals surface area contributed by atoms with Crippen molar-refractivity contribution in [3.63, 3.8) is 0 Å². The van der Waals surface area contributed by atoms with E-state index in [0.717, 1.165) is 32.0 Å². The Morgan fingerprint density at radius 2 is 1.92 bits per heavy atom. The number of carboxylic acids is 1. The summed E-state index contributed by atoms with van der Waals surface area (Å²) in [5, 5.41) is 10.2. The number of hydrogen-bond donors (Lipinski definition) is 1. The third kappa shape index (κ3) is 2.92. The number of aryl methyl sites for hydroxylation is 1. The average molecular weight is 371 g/mol. The Labute approximate surface area is 154 Å². The standard InChI is InChI=1S/C19H18FN3O2S/c1-11-15(12-2-4-14(20)5-3-12)16-17(21-10-22-18(16)26-11)23-8-6-13(7-9-23)19(24)25/h2-5,10,13H,6-9H2,1H3,(H,24,25). The molecule has 4 rings (SSSR count). The van der Waals surface area contributed by atoms with Crippen molar-refractivity contribution >= 4 is 33.3 Å². The van der Waals surface area contributed by atoms with Gasteiger partial charge in [-0.15, -0.1) is 11.3 Å². The van der Waals surface area contributed by atoms with Crippen molar-refractivity contribution in [3.8, 4) is 11.1 Å². The average Bonchev–Trinajstić information content (AvgIpc) is 2.98. The molecule has 134 valence electrons. The van der Waals surface area contributed by atoms with Gasteiger partial charge in [0.15, 0.2) is 0 Å². The summed E-state index contributed by atoms with van der Waals surface area (Å²) >= 11 is 1.60. The van der Waals surface area contributed by atoms with Crippen LogP contribution in [0.5, 0.6) is 0 Å². The van der Waals surface area contributed by atoms with Gasteiger partial charge >= 0.3 is 5.97 Å². The Morgan fingerprint density at radius 1 is 1.23 bits per heavy atom. The highest BCUT2D eigenvalue weighted by molar-refractivity contribution is 7.19. The summed E-state index contributed by atoms with van der Waals surface area (Å²) in [6, 6.07) is 6.47. The van der Waals surface area contributed by atoms with E-state index in [1.165, 1.54) is 12.1 Å². The molecule has 0 radical (unpaired) electrons. The molecule has 3 aromatic rings. The Morgan fingerprint density at radius 3 is 2.58 bits per heavy atom. The van der Waals surface area contributed by atoms with E-state index in [2.05, 4.69) is 14.9 Å². The predicted octanol–water partition coefficient (Wildman–Crippen LogP) is 4.11. The van der Waals surface area contributed by atoms with Crippen LogP contribution in [-0.2, 0) is 4.79 Å². The Hall–Kier alpha value is -2.54. The lowest BCUT2D eigenvalue weighted by Gasteiger charge is -2.31. The molecule has 1 saturated heterocycles. The van der Waals surface area contributed by atoms with Crippen molar-refractivity contribution in [1.29, 1.82) is 0 Å². The number of anilines is 1. The number of benzene rings is 1. The smallest absolute Gasteiger partial charge is 0.306 e. The maximum Gasteiger partial charge on any atom is 0.306 e. The van der Waals surface area contributed by atoms with Gasteiger partial charge in [-0.1, -0.05) is 12.1 Å². The summed E-state index contributed by atoms with van der Waals surface area (Å²) in [5.41, 5.74) is 1.97. The molecule has 26 heavy (non-hydrogen) atoms. The van der Waals surface area contributed by atoms with Gasteiger partial charge in [0.1, 0.15) is 22.8 Å². The van der Waals surface area contributed by atoms with Crippen LogP contribution < -0.4 is 4.90 Å². The molecule has 0 saturated carbocycles. The molecule has 7 heteroatoms. The summed E-state index contributed by atoms with van der Waals surface area (Å²) in [4.78, 5) is 24.3. The molecule has 1 aliphatic heterocycles. The highest BCUT2D eigenvalue weighted by Crippen LogP contribution is 2.42. The quantitative estimate of drug-likeness (QED) is 0.751. The number of aliphatic carboxylic acids is 1. The zero-order chi connectivity index (χ0) is 18.3. The highest BCUT2D eigenvalue weighted by atomic mass is 32.1. The summed E-state index contributed by atoms with van der Waals surface area (Å²) in [7, 11) is 0. The second kappa shape index (κ2) is 6.64. The van der Waals surface area contributed by atoms with Gasteiger partial charge in [0, 0.05) is 23.5 Å². The fourth-order valence-corrected chi connectivity index (χ4v) is 4.58. The number of nitrogens with zero attached hydrogens (tertiary/aromatic N) is 3.